The molecule has 1 saturated carbocycles. The normalized spacial score (nSPS) is 18.7. The lowest BCUT2D eigenvalue weighted by Gasteiger charge is -2.29. The highest BCUT2D eigenvalue weighted by atomic mass is 16.4. The van der Waals surface area contributed by atoms with Gasteiger partial charge in [-0.3, -0.25) is 10.2 Å². The van der Waals surface area contributed by atoms with Crippen molar-refractivity contribution < 1.29 is 9.90 Å². The quantitative estimate of drug-likeness (QED) is 0.399. The monoisotopic (exact) mass is 379 g/mol. The molecule has 0 spiro atoms. The molecule has 0 bridgehead atoms. The number of hydrogen-bond acceptors (Lipinski definition) is 5. The largest absolute Gasteiger partial charge is 0.478 e. The first-order valence-corrected chi connectivity index (χ1v) is 9.06. The number of carboxylic acid groups (broad SMARTS) is 1. The van der Waals surface area contributed by atoms with E-state index in [2.05, 4.69) is 21.7 Å². The topological polar surface area (TPSA) is 142 Å². The van der Waals surface area contributed by atoms with Gasteiger partial charge in [0.05, 0.1) is 23.2 Å². The Morgan fingerprint density at radius 1 is 1.21 bits per heavy atom. The standard InChI is InChI=1S/C20H21N5O3/c21-11-13-3-1-2-4-15(13)25-16-9-10-23-19(26)17(16)18(22)24-14-7-5-12(6-8-14)20(27)28/h5-10,13,15H,1-4H2,(H2,22,24)(H,27,28)(H2,23,25,26)/t13-,15+/m1/s1. The minimum atomic E-state index is -1.04. The van der Waals surface area contributed by atoms with Crippen LogP contribution in [0.3, 0.4) is 0 Å². The first kappa shape index (κ1) is 19.2. The number of H-pyrrole nitrogens is 1. The molecule has 1 aliphatic rings. The highest BCUT2D eigenvalue weighted by molar-refractivity contribution is 6.09. The van der Waals surface area contributed by atoms with Gasteiger partial charge >= 0.3 is 5.97 Å². The number of hydrogen-bond donors (Lipinski definition) is 5. The van der Waals surface area contributed by atoms with Crippen molar-refractivity contribution in [3.63, 3.8) is 0 Å². The lowest BCUT2D eigenvalue weighted by atomic mass is 9.85. The smallest absolute Gasteiger partial charge is 0.335 e. The Morgan fingerprint density at radius 3 is 2.61 bits per heavy atom. The molecule has 5 N–H and O–H groups in total. The Hall–Kier alpha value is -3.60. The van der Waals surface area contributed by atoms with Crippen LogP contribution in [0.2, 0.25) is 0 Å². The number of carboxylic acids is 1. The lowest BCUT2D eigenvalue weighted by molar-refractivity contribution is 0.0697. The summed E-state index contributed by atoms with van der Waals surface area (Å²) in [7, 11) is 0. The van der Waals surface area contributed by atoms with Gasteiger partial charge in [-0.1, -0.05) is 12.8 Å². The Bertz CT molecular complexity index is 975. The van der Waals surface area contributed by atoms with Crippen molar-refractivity contribution in [2.45, 2.75) is 31.7 Å². The van der Waals surface area contributed by atoms with Crippen LogP contribution in [0.4, 0.5) is 11.4 Å². The predicted octanol–water partition coefficient (Wildman–Crippen LogP) is 3.00. The van der Waals surface area contributed by atoms with Gasteiger partial charge in [-0.05, 0) is 43.2 Å². The Kier molecular flexibility index (Phi) is 5.75. The maximum absolute atomic E-state index is 12.4. The second-order valence-electron chi connectivity index (χ2n) is 6.75. The van der Waals surface area contributed by atoms with E-state index in [1.807, 2.05) is 0 Å². The van der Waals surface area contributed by atoms with E-state index in [0.29, 0.717) is 11.4 Å². The molecule has 1 heterocycles. The van der Waals surface area contributed by atoms with E-state index >= 15 is 0 Å². The van der Waals surface area contributed by atoms with Gasteiger partial charge in [0.1, 0.15) is 11.4 Å². The fourth-order valence-corrected chi connectivity index (χ4v) is 3.41. The van der Waals surface area contributed by atoms with Crippen molar-refractivity contribution >= 4 is 23.2 Å². The van der Waals surface area contributed by atoms with E-state index in [1.165, 1.54) is 30.5 Å². The van der Waals surface area contributed by atoms with Gasteiger partial charge in [-0.15, -0.1) is 0 Å². The molecule has 2 atom stereocenters. The van der Waals surface area contributed by atoms with Crippen molar-refractivity contribution in [3.05, 3.63) is 58.0 Å². The maximum Gasteiger partial charge on any atom is 0.335 e. The molecule has 28 heavy (non-hydrogen) atoms. The van der Waals surface area contributed by atoms with E-state index in [9.17, 15) is 14.9 Å². The van der Waals surface area contributed by atoms with Crippen LogP contribution in [0.25, 0.3) is 0 Å². The number of nitrogens with zero attached hydrogens (tertiary/aromatic N) is 1. The van der Waals surface area contributed by atoms with E-state index in [0.717, 1.165) is 25.7 Å². The first-order valence-electron chi connectivity index (χ1n) is 9.06. The van der Waals surface area contributed by atoms with Crippen molar-refractivity contribution in [3.8, 4) is 6.07 Å². The second-order valence-corrected chi connectivity index (χ2v) is 6.75. The summed E-state index contributed by atoms with van der Waals surface area (Å²) in [5.74, 6) is -1.28. The molecule has 1 fully saturated rings. The molecule has 8 nitrogen and oxygen atoms in total. The minimum absolute atomic E-state index is 0.0676. The molecule has 0 saturated heterocycles. The Morgan fingerprint density at radius 2 is 1.93 bits per heavy atom. The highest BCUT2D eigenvalue weighted by Gasteiger charge is 2.26. The summed E-state index contributed by atoms with van der Waals surface area (Å²) in [6.07, 6.45) is 5.19. The molecule has 2 aromatic rings. The maximum atomic E-state index is 12.4. The molecule has 0 unspecified atom stereocenters. The number of nitriles is 1. The summed E-state index contributed by atoms with van der Waals surface area (Å²) in [6.45, 7) is 0. The molecule has 144 valence electrons. The van der Waals surface area contributed by atoms with Crippen molar-refractivity contribution in [1.29, 1.82) is 10.7 Å². The number of benzene rings is 1. The number of aromatic nitrogens is 1. The fourth-order valence-electron chi connectivity index (χ4n) is 3.41. The van der Waals surface area contributed by atoms with Crippen molar-refractivity contribution in [2.75, 3.05) is 10.6 Å². The zero-order valence-electron chi connectivity index (χ0n) is 15.2. The molecule has 0 radical (unpaired) electrons. The third-order valence-electron chi connectivity index (χ3n) is 4.88. The van der Waals surface area contributed by atoms with Gasteiger partial charge in [-0.25, -0.2) is 4.79 Å². The lowest BCUT2D eigenvalue weighted by Crippen LogP contribution is -2.34. The van der Waals surface area contributed by atoms with Crippen molar-refractivity contribution in [2.24, 2.45) is 5.92 Å². The van der Waals surface area contributed by atoms with Crippen LogP contribution in [-0.2, 0) is 0 Å². The molecule has 1 aromatic heterocycles. The molecule has 0 amide bonds. The number of pyridine rings is 1. The van der Waals surface area contributed by atoms with E-state index in [-0.39, 0.29) is 28.9 Å². The number of anilines is 2. The van der Waals surface area contributed by atoms with Crippen LogP contribution in [-0.4, -0.2) is 27.9 Å². The number of aromatic carboxylic acids is 1. The van der Waals surface area contributed by atoms with Gasteiger partial charge in [0.25, 0.3) is 5.56 Å². The van der Waals surface area contributed by atoms with Crippen LogP contribution in [0.15, 0.2) is 41.3 Å². The third-order valence-corrected chi connectivity index (χ3v) is 4.88. The fraction of sp³-hybridized carbons (Fsp3) is 0.300. The molecular weight excluding hydrogens is 358 g/mol. The number of nitrogens with one attached hydrogen (secondary N) is 4. The number of amidine groups is 1. The molecule has 3 rings (SSSR count). The summed E-state index contributed by atoms with van der Waals surface area (Å²) in [5, 5.41) is 32.8. The van der Waals surface area contributed by atoms with E-state index < -0.39 is 11.5 Å². The van der Waals surface area contributed by atoms with Gasteiger partial charge in [0.15, 0.2) is 0 Å². The average Bonchev–Trinajstić information content (AvgIpc) is 2.69. The first-order chi connectivity index (χ1) is 13.5. The summed E-state index contributed by atoms with van der Waals surface area (Å²) in [5.41, 5.74) is 0.852. The summed E-state index contributed by atoms with van der Waals surface area (Å²) >= 11 is 0. The van der Waals surface area contributed by atoms with E-state index in [1.54, 1.807) is 6.07 Å². The number of rotatable bonds is 5. The van der Waals surface area contributed by atoms with Crippen LogP contribution in [0.5, 0.6) is 0 Å². The molecule has 1 aliphatic carbocycles. The van der Waals surface area contributed by atoms with Gasteiger partial charge in [0.2, 0.25) is 0 Å². The van der Waals surface area contributed by atoms with Gasteiger partial charge in [0, 0.05) is 17.9 Å². The molecule has 8 heteroatoms. The second kappa shape index (κ2) is 8.39. The van der Waals surface area contributed by atoms with Crippen molar-refractivity contribution in [1.82, 2.24) is 4.98 Å². The summed E-state index contributed by atoms with van der Waals surface area (Å²) < 4.78 is 0. The third kappa shape index (κ3) is 4.20. The van der Waals surface area contributed by atoms with Gasteiger partial charge in [-0.2, -0.15) is 5.26 Å². The molecule has 0 aliphatic heterocycles. The Labute approximate surface area is 161 Å². The van der Waals surface area contributed by atoms with Gasteiger partial charge < -0.3 is 20.7 Å². The zero-order valence-corrected chi connectivity index (χ0v) is 15.2. The number of carbonyl (C=O) groups is 1. The minimum Gasteiger partial charge on any atom is -0.478 e. The summed E-state index contributed by atoms with van der Waals surface area (Å²) in [6, 6.07) is 9.86. The van der Waals surface area contributed by atoms with Crippen LogP contribution in [0.1, 0.15) is 41.6 Å². The number of aromatic amines is 1. The van der Waals surface area contributed by atoms with Crippen LogP contribution in [0, 0.1) is 22.7 Å². The molecule has 1 aromatic carbocycles. The zero-order chi connectivity index (χ0) is 20.1. The summed E-state index contributed by atoms with van der Waals surface area (Å²) in [4.78, 5) is 25.9. The SMILES string of the molecule is N#C[C@H]1CCCC[C@@H]1Nc1cc[nH]c(=O)c1C(=N)Nc1ccc(C(=O)O)cc1. The van der Waals surface area contributed by atoms with Crippen LogP contribution >= 0.6 is 0 Å². The average molecular weight is 379 g/mol. The highest BCUT2D eigenvalue weighted by Crippen LogP contribution is 2.27. The van der Waals surface area contributed by atoms with Crippen LogP contribution < -0.4 is 16.2 Å². The van der Waals surface area contributed by atoms with E-state index in [4.69, 9.17) is 10.5 Å². The predicted molar refractivity (Wildman–Crippen MR) is 106 cm³/mol. The molecular formula is C20H21N5O3. The Balaban J connectivity index is 1.83.